The molecule has 0 aliphatic heterocycles. The molecule has 104 valence electrons. The summed E-state index contributed by atoms with van der Waals surface area (Å²) in [5.74, 6) is -1.50. The number of nitrogens with two attached hydrogens (primary N) is 1. The maximum atomic E-state index is 11.8. The summed E-state index contributed by atoms with van der Waals surface area (Å²) in [4.78, 5) is 22.4. The number of carbonyl (C=O) groups is 2. The number of carbonyl (C=O) groups excluding carboxylic acids is 1. The van der Waals surface area contributed by atoms with Gasteiger partial charge < -0.3 is 16.2 Å². The van der Waals surface area contributed by atoms with Crippen LogP contribution in [0.2, 0.25) is 0 Å². The number of aliphatic carboxylic acids is 1. The van der Waals surface area contributed by atoms with Crippen molar-refractivity contribution in [2.24, 2.45) is 5.73 Å². The van der Waals surface area contributed by atoms with Crippen LogP contribution in [-0.2, 0) is 9.59 Å². The zero-order chi connectivity index (χ0) is 14.3. The van der Waals surface area contributed by atoms with Crippen LogP contribution >= 0.6 is 0 Å². The molecule has 0 radical (unpaired) electrons. The highest BCUT2D eigenvalue weighted by atomic mass is 16.4. The Morgan fingerprint density at radius 1 is 1.32 bits per heavy atom. The van der Waals surface area contributed by atoms with Crippen molar-refractivity contribution in [3.63, 3.8) is 0 Å². The Hall–Kier alpha value is -1.88. The molecule has 2 atom stereocenters. The van der Waals surface area contributed by atoms with Crippen LogP contribution in [0.25, 0.3) is 0 Å². The van der Waals surface area contributed by atoms with Crippen molar-refractivity contribution in [1.82, 2.24) is 5.32 Å². The van der Waals surface area contributed by atoms with Crippen molar-refractivity contribution in [1.29, 1.82) is 0 Å². The summed E-state index contributed by atoms with van der Waals surface area (Å²) in [7, 11) is 0. The van der Waals surface area contributed by atoms with Gasteiger partial charge in [0.1, 0.15) is 0 Å². The van der Waals surface area contributed by atoms with Crippen LogP contribution in [0, 0.1) is 0 Å². The van der Waals surface area contributed by atoms with Crippen molar-refractivity contribution >= 4 is 11.9 Å². The minimum absolute atomic E-state index is 0.126. The quantitative estimate of drug-likeness (QED) is 0.695. The molecule has 5 heteroatoms. The molecule has 0 aromatic heterocycles. The van der Waals surface area contributed by atoms with Crippen LogP contribution < -0.4 is 11.1 Å². The minimum atomic E-state index is -1.07. The summed E-state index contributed by atoms with van der Waals surface area (Å²) in [6.45, 7) is 2.03. The second-order valence-electron chi connectivity index (χ2n) is 4.46. The Labute approximate surface area is 112 Å². The summed E-state index contributed by atoms with van der Waals surface area (Å²) in [6.07, 6.45) is 1.34. The van der Waals surface area contributed by atoms with Gasteiger partial charge in [-0.2, -0.15) is 0 Å². The summed E-state index contributed by atoms with van der Waals surface area (Å²) in [6, 6.07) is 8.44. The minimum Gasteiger partial charge on any atom is -0.481 e. The predicted octanol–water partition coefficient (Wildman–Crippen LogP) is 1.45. The third-order valence-corrected chi connectivity index (χ3v) is 2.83. The lowest BCUT2D eigenvalue weighted by atomic mass is 10.0. The van der Waals surface area contributed by atoms with Gasteiger partial charge in [0.05, 0.1) is 18.5 Å². The van der Waals surface area contributed by atoms with Gasteiger partial charge in [-0.15, -0.1) is 0 Å². The fraction of sp³-hybridized carbons (Fsp3) is 0.429. The summed E-state index contributed by atoms with van der Waals surface area (Å²) < 4.78 is 0. The molecule has 5 nitrogen and oxygen atoms in total. The number of carboxylic acids is 1. The lowest BCUT2D eigenvalue weighted by molar-refractivity contribution is -0.139. The van der Waals surface area contributed by atoms with E-state index in [2.05, 4.69) is 5.32 Å². The zero-order valence-corrected chi connectivity index (χ0v) is 11.0. The Morgan fingerprint density at radius 2 is 1.95 bits per heavy atom. The molecule has 1 amide bonds. The second kappa shape index (κ2) is 7.53. The molecule has 1 rings (SSSR count). The van der Waals surface area contributed by atoms with Crippen LogP contribution in [0.5, 0.6) is 0 Å². The highest BCUT2D eigenvalue weighted by Crippen LogP contribution is 2.18. The lowest BCUT2D eigenvalue weighted by Crippen LogP contribution is -2.43. The van der Waals surface area contributed by atoms with E-state index in [-0.39, 0.29) is 12.5 Å². The molecule has 0 saturated carbocycles. The Bertz CT molecular complexity index is 420. The van der Waals surface area contributed by atoms with E-state index in [9.17, 15) is 9.59 Å². The average molecular weight is 264 g/mol. The van der Waals surface area contributed by atoms with Crippen LogP contribution in [0.4, 0.5) is 0 Å². The molecule has 0 aliphatic rings. The molecule has 0 spiro atoms. The normalized spacial score (nSPS) is 13.6. The van der Waals surface area contributed by atoms with Crippen molar-refractivity contribution in [3.05, 3.63) is 35.9 Å². The third kappa shape index (κ3) is 5.09. The monoisotopic (exact) mass is 264 g/mol. The van der Waals surface area contributed by atoms with E-state index >= 15 is 0 Å². The molecular formula is C14H20N2O3. The van der Waals surface area contributed by atoms with Gasteiger partial charge in [-0.1, -0.05) is 43.7 Å². The Kier molecular flexibility index (Phi) is 6.02. The largest absolute Gasteiger partial charge is 0.481 e. The molecular weight excluding hydrogens is 244 g/mol. The van der Waals surface area contributed by atoms with Crippen molar-refractivity contribution in [3.8, 4) is 0 Å². The first-order chi connectivity index (χ1) is 9.04. The summed E-state index contributed by atoms with van der Waals surface area (Å²) >= 11 is 0. The number of hydrogen-bond donors (Lipinski definition) is 3. The molecule has 0 heterocycles. The maximum Gasteiger partial charge on any atom is 0.305 e. The SMILES string of the molecule is CCCC(NC(=O)C(N)CC(=O)O)c1ccccc1. The van der Waals surface area contributed by atoms with Gasteiger partial charge in [-0.05, 0) is 12.0 Å². The van der Waals surface area contributed by atoms with Crippen LogP contribution in [0.15, 0.2) is 30.3 Å². The van der Waals surface area contributed by atoms with E-state index in [1.54, 1.807) is 0 Å². The lowest BCUT2D eigenvalue weighted by Gasteiger charge is -2.20. The average Bonchev–Trinajstić information content (AvgIpc) is 2.38. The number of rotatable bonds is 7. The first-order valence-corrected chi connectivity index (χ1v) is 6.37. The van der Waals surface area contributed by atoms with E-state index in [0.717, 1.165) is 18.4 Å². The van der Waals surface area contributed by atoms with Crippen molar-refractivity contribution in [2.75, 3.05) is 0 Å². The van der Waals surface area contributed by atoms with Gasteiger partial charge in [0.25, 0.3) is 0 Å². The van der Waals surface area contributed by atoms with Crippen LogP contribution in [0.1, 0.15) is 37.8 Å². The number of nitrogens with one attached hydrogen (secondary N) is 1. The fourth-order valence-electron chi connectivity index (χ4n) is 1.86. The fourth-order valence-corrected chi connectivity index (χ4v) is 1.86. The molecule has 0 saturated heterocycles. The molecule has 0 bridgehead atoms. The molecule has 1 aromatic rings. The summed E-state index contributed by atoms with van der Waals surface area (Å²) in [5.41, 5.74) is 6.55. The van der Waals surface area contributed by atoms with Gasteiger partial charge in [0, 0.05) is 0 Å². The van der Waals surface area contributed by atoms with Gasteiger partial charge in [0.2, 0.25) is 5.91 Å². The predicted molar refractivity (Wildman–Crippen MR) is 72.5 cm³/mol. The number of benzene rings is 1. The van der Waals surface area contributed by atoms with E-state index in [4.69, 9.17) is 10.8 Å². The van der Waals surface area contributed by atoms with Crippen LogP contribution in [0.3, 0.4) is 0 Å². The van der Waals surface area contributed by atoms with Crippen molar-refractivity contribution in [2.45, 2.75) is 38.3 Å². The Morgan fingerprint density at radius 3 is 2.47 bits per heavy atom. The van der Waals surface area contributed by atoms with Gasteiger partial charge in [-0.25, -0.2) is 0 Å². The molecule has 0 fully saturated rings. The van der Waals surface area contributed by atoms with Gasteiger partial charge in [-0.3, -0.25) is 9.59 Å². The summed E-state index contributed by atoms with van der Waals surface area (Å²) in [5, 5.41) is 11.4. The van der Waals surface area contributed by atoms with E-state index < -0.39 is 17.9 Å². The van der Waals surface area contributed by atoms with E-state index in [0.29, 0.717) is 0 Å². The first kappa shape index (κ1) is 15.2. The van der Waals surface area contributed by atoms with E-state index in [1.807, 2.05) is 37.3 Å². The van der Waals surface area contributed by atoms with Gasteiger partial charge in [0.15, 0.2) is 0 Å². The van der Waals surface area contributed by atoms with Crippen LogP contribution in [-0.4, -0.2) is 23.0 Å². The third-order valence-electron chi connectivity index (χ3n) is 2.83. The number of hydrogen-bond acceptors (Lipinski definition) is 3. The van der Waals surface area contributed by atoms with Crippen molar-refractivity contribution < 1.29 is 14.7 Å². The molecule has 1 aromatic carbocycles. The first-order valence-electron chi connectivity index (χ1n) is 6.37. The second-order valence-corrected chi connectivity index (χ2v) is 4.46. The molecule has 0 aliphatic carbocycles. The smallest absolute Gasteiger partial charge is 0.305 e. The number of carboxylic acid groups (broad SMARTS) is 1. The molecule has 2 unspecified atom stereocenters. The zero-order valence-electron chi connectivity index (χ0n) is 11.0. The standard InChI is InChI=1S/C14H20N2O3/c1-2-6-12(10-7-4-3-5-8-10)16-14(19)11(15)9-13(17)18/h3-5,7-8,11-12H,2,6,9,15H2,1H3,(H,16,19)(H,17,18). The van der Waals surface area contributed by atoms with E-state index in [1.165, 1.54) is 0 Å². The maximum absolute atomic E-state index is 11.8. The molecule has 19 heavy (non-hydrogen) atoms. The Balaban J connectivity index is 2.68. The highest BCUT2D eigenvalue weighted by Gasteiger charge is 2.20. The highest BCUT2D eigenvalue weighted by molar-refractivity contribution is 5.86. The number of amides is 1. The molecule has 4 N–H and O–H groups in total. The topological polar surface area (TPSA) is 92.4 Å². The van der Waals surface area contributed by atoms with Gasteiger partial charge >= 0.3 is 5.97 Å².